The van der Waals surface area contributed by atoms with Crippen LogP contribution in [0, 0.1) is 5.82 Å². The van der Waals surface area contributed by atoms with Crippen LogP contribution in [0.25, 0.3) is 0 Å². The third-order valence-corrected chi connectivity index (χ3v) is 5.70. The van der Waals surface area contributed by atoms with Crippen molar-refractivity contribution < 1.29 is 31.8 Å². The van der Waals surface area contributed by atoms with Gasteiger partial charge in [-0.25, -0.2) is 17.6 Å². The molecule has 1 aliphatic heterocycles. The van der Waals surface area contributed by atoms with E-state index in [0.717, 1.165) is 29.8 Å². The summed E-state index contributed by atoms with van der Waals surface area (Å²) in [6.45, 7) is 0.0794. The second-order valence-corrected chi connectivity index (χ2v) is 7.63. The van der Waals surface area contributed by atoms with Crippen molar-refractivity contribution in [2.24, 2.45) is 0 Å². The molecule has 7 nitrogen and oxygen atoms in total. The van der Waals surface area contributed by atoms with E-state index in [0.29, 0.717) is 17.1 Å². The molecule has 9 heteroatoms. The lowest BCUT2D eigenvalue weighted by Crippen LogP contribution is -2.27. The van der Waals surface area contributed by atoms with E-state index in [9.17, 15) is 17.6 Å². The first-order valence-corrected chi connectivity index (χ1v) is 9.40. The van der Waals surface area contributed by atoms with E-state index in [1.165, 1.54) is 13.2 Å². The van der Waals surface area contributed by atoms with Crippen LogP contribution in [0.1, 0.15) is 6.42 Å². The number of rotatable bonds is 4. The standard InChI is InChI=1S/C18H14FNO6S/c1-24-18(21)14-6-10-7-16-17(26-9-25-16)13(10)8-15(14)20-27(22,23)12-4-2-11(19)3-5-12/h2-5,7-8,20H,6,9H2,1H3. The van der Waals surface area contributed by atoms with E-state index in [4.69, 9.17) is 14.2 Å². The molecule has 0 atom stereocenters. The molecule has 0 aromatic heterocycles. The van der Waals surface area contributed by atoms with Crippen molar-refractivity contribution in [1.82, 2.24) is 4.72 Å². The van der Waals surface area contributed by atoms with E-state index in [1.54, 1.807) is 6.08 Å². The van der Waals surface area contributed by atoms with Gasteiger partial charge in [0, 0.05) is 12.0 Å². The fourth-order valence-corrected chi connectivity index (χ4v) is 4.11. The van der Waals surface area contributed by atoms with Gasteiger partial charge >= 0.3 is 5.97 Å². The quantitative estimate of drug-likeness (QED) is 0.790. The number of esters is 1. The van der Waals surface area contributed by atoms with Gasteiger partial charge in [-0.2, -0.15) is 0 Å². The molecule has 0 radical (unpaired) electrons. The van der Waals surface area contributed by atoms with Crippen LogP contribution in [0.5, 0.6) is 0 Å². The van der Waals surface area contributed by atoms with Crippen LogP contribution in [0.15, 0.2) is 75.2 Å². The number of halogens is 1. The Kier molecular flexibility index (Phi) is 4.03. The summed E-state index contributed by atoms with van der Waals surface area (Å²) in [5, 5.41) is 0. The number of allylic oxidation sites excluding steroid dienone is 3. The predicted octanol–water partition coefficient (Wildman–Crippen LogP) is 2.02. The average Bonchev–Trinajstić information content (AvgIpc) is 3.22. The van der Waals surface area contributed by atoms with Crippen molar-refractivity contribution in [3.05, 3.63) is 76.2 Å². The van der Waals surface area contributed by atoms with Crippen LogP contribution in [0.3, 0.4) is 0 Å². The Hall–Kier alpha value is -3.07. The molecule has 2 aliphatic carbocycles. The summed E-state index contributed by atoms with van der Waals surface area (Å²) >= 11 is 0. The Labute approximate surface area is 154 Å². The molecule has 1 N–H and O–H groups in total. The van der Waals surface area contributed by atoms with Gasteiger partial charge in [0.1, 0.15) is 5.82 Å². The minimum atomic E-state index is -4.04. The number of carbonyl (C=O) groups is 1. The summed E-state index contributed by atoms with van der Waals surface area (Å²) in [7, 11) is -2.82. The molecule has 4 rings (SSSR count). The average molecular weight is 391 g/mol. The fraction of sp³-hybridized carbons (Fsp3) is 0.167. The summed E-state index contributed by atoms with van der Waals surface area (Å²) in [5.74, 6) is -0.158. The molecule has 0 saturated heterocycles. The van der Waals surface area contributed by atoms with Crippen LogP contribution in [-0.2, 0) is 29.0 Å². The van der Waals surface area contributed by atoms with Gasteiger partial charge in [0.15, 0.2) is 11.5 Å². The van der Waals surface area contributed by atoms with Crippen molar-refractivity contribution >= 4 is 16.0 Å². The fourth-order valence-electron chi connectivity index (χ4n) is 3.02. The molecule has 0 bridgehead atoms. The number of carbonyl (C=O) groups excluding carboxylic acids is 1. The van der Waals surface area contributed by atoms with Crippen molar-refractivity contribution in [2.45, 2.75) is 11.3 Å². The first-order valence-electron chi connectivity index (χ1n) is 7.92. The van der Waals surface area contributed by atoms with E-state index < -0.39 is 21.8 Å². The molecule has 1 aromatic carbocycles. The maximum Gasteiger partial charge on any atom is 0.336 e. The van der Waals surface area contributed by atoms with Gasteiger partial charge in [-0.1, -0.05) is 0 Å². The van der Waals surface area contributed by atoms with E-state index in [2.05, 4.69) is 4.72 Å². The highest BCUT2D eigenvalue weighted by molar-refractivity contribution is 7.89. The minimum Gasteiger partial charge on any atom is -0.466 e. The number of hydrogen-bond acceptors (Lipinski definition) is 6. The van der Waals surface area contributed by atoms with E-state index in [1.807, 2.05) is 0 Å². The Bertz CT molecular complexity index is 1060. The van der Waals surface area contributed by atoms with Gasteiger partial charge in [0.2, 0.25) is 6.79 Å². The smallest absolute Gasteiger partial charge is 0.336 e. The van der Waals surface area contributed by atoms with Gasteiger partial charge in [-0.3, -0.25) is 4.72 Å². The van der Waals surface area contributed by atoms with Crippen LogP contribution < -0.4 is 4.72 Å². The number of ether oxygens (including phenoxy) is 3. The topological polar surface area (TPSA) is 90.9 Å². The lowest BCUT2D eigenvalue weighted by Gasteiger charge is -2.21. The molecule has 140 valence electrons. The molecule has 0 unspecified atom stereocenters. The Morgan fingerprint density at radius 1 is 1.19 bits per heavy atom. The van der Waals surface area contributed by atoms with Gasteiger partial charge in [0.05, 0.1) is 23.3 Å². The summed E-state index contributed by atoms with van der Waals surface area (Å²) in [5.41, 5.74) is 1.64. The van der Waals surface area contributed by atoms with Crippen LogP contribution in [0.4, 0.5) is 4.39 Å². The molecule has 0 fully saturated rings. The zero-order valence-corrected chi connectivity index (χ0v) is 14.9. The highest BCUT2D eigenvalue weighted by atomic mass is 32.2. The lowest BCUT2D eigenvalue weighted by atomic mass is 9.92. The van der Waals surface area contributed by atoms with Gasteiger partial charge in [-0.15, -0.1) is 0 Å². The largest absolute Gasteiger partial charge is 0.466 e. The summed E-state index contributed by atoms with van der Waals surface area (Å²) in [6, 6.07) is 4.37. The molecular weight excluding hydrogens is 377 g/mol. The molecule has 0 amide bonds. The van der Waals surface area contributed by atoms with Crippen LogP contribution in [-0.4, -0.2) is 28.3 Å². The Morgan fingerprint density at radius 2 is 1.93 bits per heavy atom. The van der Waals surface area contributed by atoms with Crippen molar-refractivity contribution in [3.63, 3.8) is 0 Å². The number of sulfonamides is 1. The second-order valence-electron chi connectivity index (χ2n) is 5.95. The lowest BCUT2D eigenvalue weighted by molar-refractivity contribution is -0.136. The summed E-state index contributed by atoms with van der Waals surface area (Å²) < 4.78 is 56.3. The number of hydrogen-bond donors (Lipinski definition) is 1. The van der Waals surface area contributed by atoms with Crippen LogP contribution >= 0.6 is 0 Å². The van der Waals surface area contributed by atoms with E-state index in [-0.39, 0.29) is 29.4 Å². The monoisotopic (exact) mass is 391 g/mol. The summed E-state index contributed by atoms with van der Waals surface area (Å²) in [4.78, 5) is 12.1. The molecular formula is C18H14FNO6S. The van der Waals surface area contributed by atoms with Crippen molar-refractivity contribution in [3.8, 4) is 0 Å². The third kappa shape index (κ3) is 2.99. The maximum atomic E-state index is 13.1. The second kappa shape index (κ2) is 6.27. The SMILES string of the molecule is COC(=O)C1=C(NS(=O)(=O)c2ccc(F)cc2)C=C2C(=CC3=C2OCO3)C1. The van der Waals surface area contributed by atoms with Gasteiger partial charge < -0.3 is 14.2 Å². The molecule has 27 heavy (non-hydrogen) atoms. The number of nitrogens with one attached hydrogen (secondary N) is 1. The van der Waals surface area contributed by atoms with Gasteiger partial charge in [0.25, 0.3) is 10.0 Å². The third-order valence-electron chi connectivity index (χ3n) is 4.32. The Balaban J connectivity index is 1.74. The number of fused-ring (bicyclic) bond motifs is 2. The first kappa shape index (κ1) is 17.3. The highest BCUT2D eigenvalue weighted by Crippen LogP contribution is 2.42. The normalized spacial score (nSPS) is 18.1. The molecule has 1 heterocycles. The van der Waals surface area contributed by atoms with Crippen LogP contribution in [0.2, 0.25) is 0 Å². The van der Waals surface area contributed by atoms with E-state index >= 15 is 0 Å². The Morgan fingerprint density at radius 3 is 2.63 bits per heavy atom. The zero-order valence-electron chi connectivity index (χ0n) is 14.1. The summed E-state index contributed by atoms with van der Waals surface area (Å²) in [6.07, 6.45) is 3.42. The molecule has 0 saturated carbocycles. The molecule has 1 aromatic rings. The van der Waals surface area contributed by atoms with Crippen molar-refractivity contribution in [2.75, 3.05) is 13.9 Å². The van der Waals surface area contributed by atoms with Crippen molar-refractivity contribution in [1.29, 1.82) is 0 Å². The minimum absolute atomic E-state index is 0.0718. The zero-order chi connectivity index (χ0) is 19.2. The predicted molar refractivity (Wildman–Crippen MR) is 90.6 cm³/mol. The maximum absolute atomic E-state index is 13.1. The van der Waals surface area contributed by atoms with Gasteiger partial charge in [-0.05, 0) is 42.0 Å². The first-order chi connectivity index (χ1) is 12.9. The highest BCUT2D eigenvalue weighted by Gasteiger charge is 2.35. The molecule has 3 aliphatic rings. The number of benzene rings is 1. The molecule has 0 spiro atoms. The number of methoxy groups -OCH3 is 1.